The van der Waals surface area contributed by atoms with Crippen molar-refractivity contribution in [1.82, 2.24) is 0 Å². The van der Waals surface area contributed by atoms with E-state index in [0.717, 1.165) is 18.4 Å². The van der Waals surface area contributed by atoms with Gasteiger partial charge in [-0.15, -0.1) is 0 Å². The van der Waals surface area contributed by atoms with E-state index < -0.39 is 11.8 Å². The molecule has 3 nitrogen and oxygen atoms in total. The van der Waals surface area contributed by atoms with Gasteiger partial charge in [-0.3, -0.25) is 4.79 Å². The molecule has 1 aromatic carbocycles. The molecule has 0 N–H and O–H groups in total. The number of ketones is 1. The summed E-state index contributed by atoms with van der Waals surface area (Å²) < 4.78 is 4.73. The fourth-order valence-electron chi connectivity index (χ4n) is 2.90. The van der Waals surface area contributed by atoms with Gasteiger partial charge in [-0.2, -0.15) is 0 Å². The third kappa shape index (κ3) is 4.07. The van der Waals surface area contributed by atoms with Gasteiger partial charge in [0.25, 0.3) is 5.78 Å². The largest absolute Gasteiger partial charge is 0.460 e. The molecule has 0 aromatic heterocycles. The van der Waals surface area contributed by atoms with Crippen molar-refractivity contribution >= 4 is 23.4 Å². The van der Waals surface area contributed by atoms with Crippen LogP contribution in [-0.4, -0.2) is 18.4 Å². The molecule has 0 saturated heterocycles. The van der Waals surface area contributed by atoms with E-state index in [1.165, 1.54) is 25.7 Å². The van der Waals surface area contributed by atoms with E-state index in [4.69, 9.17) is 16.3 Å². The molecule has 1 fully saturated rings. The van der Waals surface area contributed by atoms with Crippen LogP contribution >= 0.6 is 11.6 Å². The molecule has 2 rings (SSSR count). The van der Waals surface area contributed by atoms with Crippen molar-refractivity contribution in [3.05, 3.63) is 34.3 Å². The maximum absolute atomic E-state index is 11.9. The van der Waals surface area contributed by atoms with Gasteiger partial charge in [0.1, 0.15) is 0 Å². The van der Waals surface area contributed by atoms with Gasteiger partial charge in [-0.25, -0.2) is 4.79 Å². The van der Waals surface area contributed by atoms with Crippen molar-refractivity contribution in [3.63, 3.8) is 0 Å². The van der Waals surface area contributed by atoms with Crippen molar-refractivity contribution in [2.24, 2.45) is 0 Å². The lowest BCUT2D eigenvalue weighted by atomic mass is 9.91. The molecule has 21 heavy (non-hydrogen) atoms. The van der Waals surface area contributed by atoms with E-state index in [1.807, 2.05) is 6.07 Å². The molecule has 0 unspecified atom stereocenters. The zero-order valence-corrected chi connectivity index (χ0v) is 13.1. The maximum atomic E-state index is 11.9. The van der Waals surface area contributed by atoms with Crippen molar-refractivity contribution in [1.29, 1.82) is 0 Å². The summed E-state index contributed by atoms with van der Waals surface area (Å²) >= 11 is 6.34. The van der Waals surface area contributed by atoms with E-state index in [1.54, 1.807) is 19.1 Å². The molecule has 1 aromatic rings. The summed E-state index contributed by atoms with van der Waals surface area (Å²) in [5, 5.41) is 0.581. The summed E-state index contributed by atoms with van der Waals surface area (Å²) in [5.74, 6) is -0.992. The van der Waals surface area contributed by atoms with Gasteiger partial charge < -0.3 is 4.74 Å². The van der Waals surface area contributed by atoms with Crippen LogP contribution in [0.25, 0.3) is 0 Å². The summed E-state index contributed by atoms with van der Waals surface area (Å²) in [6.45, 7) is 1.87. The molecule has 0 heterocycles. The van der Waals surface area contributed by atoms with Crippen molar-refractivity contribution in [3.8, 4) is 0 Å². The molecule has 0 spiro atoms. The highest BCUT2D eigenvalue weighted by Gasteiger charge is 2.21. The first-order valence-corrected chi connectivity index (χ1v) is 8.02. The Morgan fingerprint density at radius 3 is 2.43 bits per heavy atom. The predicted molar refractivity (Wildman–Crippen MR) is 82.9 cm³/mol. The van der Waals surface area contributed by atoms with Gasteiger partial charge >= 0.3 is 5.97 Å². The first-order valence-electron chi connectivity index (χ1n) is 7.64. The highest BCUT2D eigenvalue weighted by atomic mass is 35.5. The lowest BCUT2D eigenvalue weighted by molar-refractivity contribution is -0.137. The Morgan fingerprint density at radius 1 is 1.19 bits per heavy atom. The van der Waals surface area contributed by atoms with Gasteiger partial charge in [-0.1, -0.05) is 49.4 Å². The van der Waals surface area contributed by atoms with Crippen molar-refractivity contribution in [2.45, 2.75) is 51.4 Å². The number of hydrogen-bond donors (Lipinski definition) is 0. The maximum Gasteiger partial charge on any atom is 0.379 e. The standard InChI is InChI=1S/C17H21ClO3/c1-2-21-17(20)16(19)13-9-10-14(15(18)11-13)12-7-5-3-4-6-8-12/h9-12H,2-8H2,1H3. The van der Waals surface area contributed by atoms with Crippen LogP contribution in [0.15, 0.2) is 18.2 Å². The molecule has 0 radical (unpaired) electrons. The van der Waals surface area contributed by atoms with Gasteiger partial charge in [0.05, 0.1) is 6.61 Å². The van der Waals surface area contributed by atoms with Crippen LogP contribution in [0.4, 0.5) is 0 Å². The molecule has 0 amide bonds. The fraction of sp³-hybridized carbons (Fsp3) is 0.529. The summed E-state index contributed by atoms with van der Waals surface area (Å²) in [6.07, 6.45) is 7.31. The van der Waals surface area contributed by atoms with E-state index in [9.17, 15) is 9.59 Å². The molecule has 1 aliphatic rings. The number of halogens is 1. The van der Waals surface area contributed by atoms with Gasteiger partial charge in [0.2, 0.25) is 0 Å². The van der Waals surface area contributed by atoms with Crippen LogP contribution in [0.3, 0.4) is 0 Å². The Bertz CT molecular complexity index is 517. The summed E-state index contributed by atoms with van der Waals surface area (Å²) in [6, 6.07) is 5.18. The van der Waals surface area contributed by atoms with E-state index >= 15 is 0 Å². The molecule has 1 aliphatic carbocycles. The van der Waals surface area contributed by atoms with Crippen LogP contribution in [0, 0.1) is 0 Å². The number of esters is 1. The third-order valence-electron chi connectivity index (χ3n) is 4.02. The predicted octanol–water partition coefficient (Wildman–Crippen LogP) is 4.52. The topological polar surface area (TPSA) is 43.4 Å². The number of carbonyl (C=O) groups is 2. The minimum Gasteiger partial charge on any atom is -0.460 e. The molecule has 1 saturated carbocycles. The normalized spacial score (nSPS) is 16.3. The number of Topliss-reactive ketones (excluding diaryl/α,β-unsaturated/α-hetero) is 1. The number of hydrogen-bond acceptors (Lipinski definition) is 3. The zero-order valence-electron chi connectivity index (χ0n) is 12.4. The monoisotopic (exact) mass is 308 g/mol. The van der Waals surface area contributed by atoms with Gasteiger partial charge in [0, 0.05) is 10.6 Å². The first kappa shape index (κ1) is 16.0. The van der Waals surface area contributed by atoms with Gasteiger partial charge in [0.15, 0.2) is 0 Å². The molecular formula is C17H21ClO3. The van der Waals surface area contributed by atoms with Crippen LogP contribution in [0.1, 0.15) is 67.3 Å². The molecule has 114 valence electrons. The lowest BCUT2D eigenvalue weighted by Crippen LogP contribution is -2.17. The minimum absolute atomic E-state index is 0.193. The van der Waals surface area contributed by atoms with E-state index in [2.05, 4.69) is 0 Å². The Labute approximate surface area is 130 Å². The Morgan fingerprint density at radius 2 is 1.86 bits per heavy atom. The van der Waals surface area contributed by atoms with Crippen molar-refractivity contribution < 1.29 is 14.3 Å². The third-order valence-corrected chi connectivity index (χ3v) is 4.35. The van der Waals surface area contributed by atoms with Gasteiger partial charge in [-0.05, 0) is 37.3 Å². The lowest BCUT2D eigenvalue weighted by Gasteiger charge is -2.16. The van der Waals surface area contributed by atoms with Crippen LogP contribution in [-0.2, 0) is 9.53 Å². The van der Waals surface area contributed by atoms with E-state index in [-0.39, 0.29) is 6.61 Å². The highest BCUT2D eigenvalue weighted by Crippen LogP contribution is 2.35. The second-order valence-electron chi connectivity index (χ2n) is 5.47. The second-order valence-corrected chi connectivity index (χ2v) is 5.88. The number of benzene rings is 1. The molecule has 0 atom stereocenters. The van der Waals surface area contributed by atoms with Crippen LogP contribution in [0.2, 0.25) is 5.02 Å². The van der Waals surface area contributed by atoms with Crippen LogP contribution < -0.4 is 0 Å². The molecule has 4 heteroatoms. The zero-order chi connectivity index (χ0) is 15.2. The molecule has 0 aliphatic heterocycles. The summed E-state index contributed by atoms with van der Waals surface area (Å²) in [4.78, 5) is 23.4. The quantitative estimate of drug-likeness (QED) is 0.355. The second kappa shape index (κ2) is 7.60. The van der Waals surface area contributed by atoms with Crippen LogP contribution in [0.5, 0.6) is 0 Å². The number of rotatable bonds is 4. The fourth-order valence-corrected chi connectivity index (χ4v) is 3.24. The SMILES string of the molecule is CCOC(=O)C(=O)c1ccc(C2CCCCCC2)c(Cl)c1. The first-order chi connectivity index (χ1) is 10.1. The Kier molecular flexibility index (Phi) is 5.80. The number of ether oxygens (including phenoxy) is 1. The van der Waals surface area contributed by atoms with Crippen molar-refractivity contribution in [2.75, 3.05) is 6.61 Å². The smallest absolute Gasteiger partial charge is 0.379 e. The molecule has 0 bridgehead atoms. The average molecular weight is 309 g/mol. The number of carbonyl (C=O) groups excluding carboxylic acids is 2. The summed E-state index contributed by atoms with van der Waals surface area (Å²) in [5.41, 5.74) is 1.40. The average Bonchev–Trinajstić information content (AvgIpc) is 2.75. The summed E-state index contributed by atoms with van der Waals surface area (Å²) in [7, 11) is 0. The highest BCUT2D eigenvalue weighted by molar-refractivity contribution is 6.41. The molecular weight excluding hydrogens is 288 g/mol. The Balaban J connectivity index is 2.16. The minimum atomic E-state index is -0.823. The van der Waals surface area contributed by atoms with E-state index in [0.29, 0.717) is 16.5 Å². The Hall–Kier alpha value is -1.35.